The number of nitrogens with zero attached hydrogens (tertiary/aromatic N) is 2. The van der Waals surface area contributed by atoms with E-state index >= 15 is 0 Å². The van der Waals surface area contributed by atoms with Crippen molar-refractivity contribution < 1.29 is 4.74 Å². The maximum atomic E-state index is 6.83. The van der Waals surface area contributed by atoms with Gasteiger partial charge in [0.2, 0.25) is 0 Å². The fraction of sp³-hybridized carbons (Fsp3) is 0.0417. The summed E-state index contributed by atoms with van der Waals surface area (Å²) in [5.74, 6) is 2.41. The minimum atomic E-state index is -0.499. The van der Waals surface area contributed by atoms with Gasteiger partial charge in [-0.05, 0) is 80.9 Å². The van der Waals surface area contributed by atoms with Crippen molar-refractivity contribution in [2.24, 2.45) is 0 Å². The van der Waals surface area contributed by atoms with E-state index in [-0.39, 0.29) is 0 Å². The Morgan fingerprint density at radius 3 is 1.98 bits per heavy atom. The van der Waals surface area contributed by atoms with E-state index in [0.717, 1.165) is 57.1 Å². The monoisotopic (exact) mass is 650 g/mol. The molecule has 51 heavy (non-hydrogen) atoms. The molecule has 0 radical (unpaired) electrons. The van der Waals surface area contributed by atoms with E-state index < -0.39 is 5.41 Å². The van der Waals surface area contributed by atoms with Crippen LogP contribution < -0.4 is 4.74 Å². The van der Waals surface area contributed by atoms with Crippen LogP contribution in [0.1, 0.15) is 33.4 Å². The Bertz CT molecular complexity index is 2720. The van der Waals surface area contributed by atoms with E-state index in [1.54, 1.807) is 0 Å². The van der Waals surface area contributed by atoms with E-state index in [0.29, 0.717) is 5.82 Å². The van der Waals surface area contributed by atoms with E-state index in [9.17, 15) is 0 Å². The number of rotatable bonds is 3. The summed E-state index contributed by atoms with van der Waals surface area (Å²) in [6.45, 7) is 0. The molecule has 1 spiro atoms. The molecule has 8 aromatic rings. The molecule has 0 saturated carbocycles. The van der Waals surface area contributed by atoms with Gasteiger partial charge < -0.3 is 4.74 Å². The summed E-state index contributed by atoms with van der Waals surface area (Å²) < 4.78 is 6.83. The molecule has 0 saturated heterocycles. The fourth-order valence-corrected chi connectivity index (χ4v) is 8.78. The van der Waals surface area contributed by atoms with Crippen molar-refractivity contribution in [2.45, 2.75) is 11.8 Å². The first-order chi connectivity index (χ1) is 25.3. The molecule has 11 rings (SSSR count). The number of allylic oxidation sites excluding steroid dienone is 1. The number of aromatic nitrogens is 2. The molecule has 2 heterocycles. The highest BCUT2D eigenvalue weighted by molar-refractivity contribution is 5.98. The summed E-state index contributed by atoms with van der Waals surface area (Å²) in [4.78, 5) is 10.4. The van der Waals surface area contributed by atoms with Crippen LogP contribution in [-0.2, 0) is 11.8 Å². The van der Waals surface area contributed by atoms with Gasteiger partial charge in [-0.1, -0.05) is 140 Å². The third-order valence-corrected chi connectivity index (χ3v) is 10.9. The van der Waals surface area contributed by atoms with Gasteiger partial charge in [0, 0.05) is 27.8 Å². The largest absolute Gasteiger partial charge is 0.457 e. The predicted molar refractivity (Wildman–Crippen MR) is 206 cm³/mol. The van der Waals surface area contributed by atoms with Crippen molar-refractivity contribution in [3.8, 4) is 56.5 Å². The maximum absolute atomic E-state index is 6.83. The number of hydrogen-bond donors (Lipinski definition) is 0. The number of ether oxygens (including phenoxy) is 1. The summed E-state index contributed by atoms with van der Waals surface area (Å²) >= 11 is 0. The first kappa shape index (κ1) is 28.3. The molecule has 0 unspecified atom stereocenters. The zero-order valence-corrected chi connectivity index (χ0v) is 27.7. The molecule has 1 aliphatic heterocycles. The van der Waals surface area contributed by atoms with E-state index in [2.05, 4.69) is 152 Å². The summed E-state index contributed by atoms with van der Waals surface area (Å²) in [7, 11) is 0. The first-order valence-corrected chi connectivity index (χ1v) is 17.5. The Kier molecular flexibility index (Phi) is 5.94. The van der Waals surface area contributed by atoms with Gasteiger partial charge >= 0.3 is 0 Å². The van der Waals surface area contributed by atoms with Crippen LogP contribution >= 0.6 is 0 Å². The van der Waals surface area contributed by atoms with E-state index in [1.165, 1.54) is 44.2 Å². The van der Waals surface area contributed by atoms with Crippen molar-refractivity contribution in [2.75, 3.05) is 0 Å². The van der Waals surface area contributed by atoms with Gasteiger partial charge in [0.15, 0.2) is 5.82 Å². The van der Waals surface area contributed by atoms with Crippen molar-refractivity contribution in [3.63, 3.8) is 0 Å². The molecule has 7 aromatic carbocycles. The van der Waals surface area contributed by atoms with Crippen molar-refractivity contribution in [1.82, 2.24) is 9.97 Å². The fourth-order valence-electron chi connectivity index (χ4n) is 8.78. The molecule has 3 heteroatoms. The third kappa shape index (κ3) is 4.06. The summed E-state index contributed by atoms with van der Waals surface area (Å²) in [5, 5.41) is 2.56. The molecular formula is C48H30N2O. The van der Waals surface area contributed by atoms with Crippen molar-refractivity contribution in [3.05, 3.63) is 197 Å². The summed E-state index contributed by atoms with van der Waals surface area (Å²) in [5.41, 5.74) is 14.3. The average Bonchev–Trinajstić information content (AvgIpc) is 3.49. The molecule has 0 N–H and O–H groups in total. The van der Waals surface area contributed by atoms with Gasteiger partial charge in [-0.25, -0.2) is 9.97 Å². The number of para-hydroxylation sites is 1. The summed E-state index contributed by atoms with van der Waals surface area (Å²) in [6.07, 6.45) is 5.45. The highest BCUT2D eigenvalue weighted by Crippen LogP contribution is 2.62. The maximum Gasteiger partial charge on any atom is 0.160 e. The zero-order chi connectivity index (χ0) is 33.5. The van der Waals surface area contributed by atoms with E-state index in [1.807, 2.05) is 18.2 Å². The molecular weight excluding hydrogens is 621 g/mol. The van der Waals surface area contributed by atoms with Gasteiger partial charge in [0.25, 0.3) is 0 Å². The van der Waals surface area contributed by atoms with E-state index in [4.69, 9.17) is 14.7 Å². The second kappa shape index (κ2) is 10.7. The van der Waals surface area contributed by atoms with Crippen LogP contribution in [0.2, 0.25) is 0 Å². The van der Waals surface area contributed by atoms with Crippen LogP contribution in [0.15, 0.2) is 164 Å². The highest BCUT2D eigenvalue weighted by Gasteiger charge is 2.50. The third-order valence-electron chi connectivity index (χ3n) is 10.9. The normalized spacial score (nSPS) is 14.0. The van der Waals surface area contributed by atoms with Crippen LogP contribution in [0, 0.1) is 0 Å². The van der Waals surface area contributed by atoms with Gasteiger partial charge in [0.05, 0.1) is 16.8 Å². The first-order valence-electron chi connectivity index (χ1n) is 17.5. The van der Waals surface area contributed by atoms with Crippen LogP contribution in [0.25, 0.3) is 61.9 Å². The second-order valence-corrected chi connectivity index (χ2v) is 13.7. The smallest absolute Gasteiger partial charge is 0.160 e. The zero-order valence-electron chi connectivity index (χ0n) is 27.7. The Hall–Kier alpha value is -6.58. The highest BCUT2D eigenvalue weighted by atomic mass is 16.5. The van der Waals surface area contributed by atoms with Crippen molar-refractivity contribution in [1.29, 1.82) is 0 Å². The minimum Gasteiger partial charge on any atom is -0.457 e. The lowest BCUT2D eigenvalue weighted by molar-refractivity contribution is 0.436. The van der Waals surface area contributed by atoms with Gasteiger partial charge in [0.1, 0.15) is 11.5 Å². The Morgan fingerprint density at radius 1 is 0.490 bits per heavy atom. The van der Waals surface area contributed by atoms with Crippen LogP contribution in [-0.4, -0.2) is 9.97 Å². The van der Waals surface area contributed by atoms with Gasteiger partial charge in [-0.15, -0.1) is 0 Å². The van der Waals surface area contributed by atoms with Crippen LogP contribution in [0.5, 0.6) is 11.5 Å². The average molecular weight is 651 g/mol. The Labute approximate surface area is 296 Å². The molecule has 2 aliphatic carbocycles. The quantitative estimate of drug-likeness (QED) is 0.191. The minimum absolute atomic E-state index is 0.499. The molecule has 3 aliphatic rings. The van der Waals surface area contributed by atoms with Gasteiger partial charge in [-0.2, -0.15) is 0 Å². The SMILES string of the molecule is C1=Cc2cc(-c3cc(-c4ccc5c(c4)Oc4ccccc4C54c5ccccc5-c5ccccc54)nc(-c4ccccc4)n3)cc3cccc(c23)C1. The Morgan fingerprint density at radius 2 is 1.18 bits per heavy atom. The Balaban J connectivity index is 1.13. The van der Waals surface area contributed by atoms with Crippen molar-refractivity contribution >= 4 is 16.8 Å². The molecule has 0 fully saturated rings. The molecule has 0 atom stereocenters. The number of hydrogen-bond acceptors (Lipinski definition) is 3. The lowest BCUT2D eigenvalue weighted by Crippen LogP contribution is -2.32. The topological polar surface area (TPSA) is 35.0 Å². The molecule has 238 valence electrons. The predicted octanol–water partition coefficient (Wildman–Crippen LogP) is 11.7. The van der Waals surface area contributed by atoms with Crippen LogP contribution in [0.3, 0.4) is 0 Å². The molecule has 0 bridgehead atoms. The molecule has 1 aromatic heterocycles. The number of fused-ring (bicyclic) bond motifs is 9. The number of benzene rings is 7. The van der Waals surface area contributed by atoms with Gasteiger partial charge in [-0.3, -0.25) is 0 Å². The molecule has 0 amide bonds. The standard InChI is InChI=1S/C48H30N2O/c1-2-12-31(13-3-1)47-49-42(29-43(50-47)35-26-33-16-10-14-30-15-11-17-34(27-35)46(30)33)32-24-25-41-45(28-32)51-44-23-9-8-22-40(44)48(41)38-20-6-4-18-36(38)37-19-5-7-21-39(37)48/h1-14,16-29H,15H2. The van der Waals surface area contributed by atoms with Crippen LogP contribution in [0.4, 0.5) is 0 Å². The summed E-state index contributed by atoms with van der Waals surface area (Å²) in [6, 6.07) is 56.3. The molecule has 3 nitrogen and oxygen atoms in total. The lowest BCUT2D eigenvalue weighted by atomic mass is 9.66. The second-order valence-electron chi connectivity index (χ2n) is 13.7. The lowest BCUT2D eigenvalue weighted by Gasteiger charge is -2.39.